The molecule has 0 spiro atoms. The van der Waals surface area contributed by atoms with Gasteiger partial charge < -0.3 is 10.1 Å². The summed E-state index contributed by atoms with van der Waals surface area (Å²) >= 11 is 5.87. The normalized spacial score (nSPS) is 20.3. The van der Waals surface area contributed by atoms with E-state index in [1.54, 1.807) is 13.2 Å². The molecule has 16 heavy (non-hydrogen) atoms. The van der Waals surface area contributed by atoms with E-state index in [0.717, 1.165) is 24.9 Å². The Labute approximate surface area is 99.7 Å². The van der Waals surface area contributed by atoms with Gasteiger partial charge in [0.25, 0.3) is 0 Å². The van der Waals surface area contributed by atoms with Crippen molar-refractivity contribution in [2.45, 2.75) is 25.5 Å². The van der Waals surface area contributed by atoms with Gasteiger partial charge in [-0.25, -0.2) is 4.39 Å². The van der Waals surface area contributed by atoms with Gasteiger partial charge >= 0.3 is 0 Å². The van der Waals surface area contributed by atoms with Crippen LogP contribution in [0.3, 0.4) is 0 Å². The maximum Gasteiger partial charge on any atom is 0.146 e. The highest BCUT2D eigenvalue weighted by Crippen LogP contribution is 2.30. The van der Waals surface area contributed by atoms with E-state index in [1.807, 2.05) is 6.07 Å². The van der Waals surface area contributed by atoms with Gasteiger partial charge in [0.2, 0.25) is 0 Å². The third-order valence-corrected chi connectivity index (χ3v) is 3.14. The molecular formula is C12H15ClFNO. The third-order valence-electron chi connectivity index (χ3n) is 2.86. The van der Waals surface area contributed by atoms with Gasteiger partial charge in [0, 0.05) is 18.7 Å². The van der Waals surface area contributed by atoms with E-state index in [9.17, 15) is 4.39 Å². The lowest BCUT2D eigenvalue weighted by atomic mass is 10.0. The van der Waals surface area contributed by atoms with Crippen LogP contribution in [-0.2, 0) is 11.3 Å². The average Bonchev–Trinajstić information content (AvgIpc) is 2.76. The minimum absolute atomic E-state index is 0.0920. The Hall–Kier alpha value is -0.640. The SMILES string of the molecule is COCc1cc(Cl)c(F)c(C2CCCN2)c1. The highest BCUT2D eigenvalue weighted by atomic mass is 35.5. The monoisotopic (exact) mass is 243 g/mol. The number of benzene rings is 1. The second-order valence-corrected chi connectivity index (χ2v) is 4.47. The van der Waals surface area contributed by atoms with Gasteiger partial charge in [-0.15, -0.1) is 0 Å². The highest BCUT2D eigenvalue weighted by Gasteiger charge is 2.21. The fourth-order valence-corrected chi connectivity index (χ4v) is 2.37. The molecule has 1 saturated heterocycles. The van der Waals surface area contributed by atoms with Crippen LogP contribution in [0.4, 0.5) is 4.39 Å². The molecule has 88 valence electrons. The molecule has 2 rings (SSSR count). The maximum atomic E-state index is 13.9. The Morgan fingerprint density at radius 2 is 2.38 bits per heavy atom. The zero-order valence-corrected chi connectivity index (χ0v) is 9.98. The maximum absolute atomic E-state index is 13.9. The molecule has 1 unspecified atom stereocenters. The van der Waals surface area contributed by atoms with Gasteiger partial charge in [0.15, 0.2) is 0 Å². The van der Waals surface area contributed by atoms with Crippen molar-refractivity contribution >= 4 is 11.6 Å². The molecule has 0 aliphatic carbocycles. The summed E-state index contributed by atoms with van der Waals surface area (Å²) in [5.41, 5.74) is 1.58. The van der Waals surface area contributed by atoms with Gasteiger partial charge in [-0.1, -0.05) is 11.6 Å². The van der Waals surface area contributed by atoms with E-state index in [1.165, 1.54) is 0 Å². The molecule has 1 heterocycles. The minimum atomic E-state index is -0.305. The number of halogens is 2. The molecule has 0 amide bonds. The molecule has 1 aliphatic heterocycles. The van der Waals surface area contributed by atoms with E-state index >= 15 is 0 Å². The van der Waals surface area contributed by atoms with E-state index < -0.39 is 0 Å². The number of hydrogen-bond donors (Lipinski definition) is 1. The van der Waals surface area contributed by atoms with E-state index in [2.05, 4.69) is 5.32 Å². The van der Waals surface area contributed by atoms with Crippen LogP contribution < -0.4 is 5.32 Å². The van der Waals surface area contributed by atoms with Crippen LogP contribution >= 0.6 is 11.6 Å². The van der Waals surface area contributed by atoms with Crippen LogP contribution in [0.1, 0.15) is 30.0 Å². The Bertz CT molecular complexity index is 378. The van der Waals surface area contributed by atoms with Gasteiger partial charge in [0.05, 0.1) is 11.6 Å². The molecule has 0 radical (unpaired) electrons. The molecule has 0 bridgehead atoms. The first-order valence-electron chi connectivity index (χ1n) is 5.42. The highest BCUT2D eigenvalue weighted by molar-refractivity contribution is 6.30. The zero-order chi connectivity index (χ0) is 11.5. The molecule has 0 aromatic heterocycles. The van der Waals surface area contributed by atoms with Crippen molar-refractivity contribution in [3.8, 4) is 0 Å². The van der Waals surface area contributed by atoms with Crippen molar-refractivity contribution in [2.75, 3.05) is 13.7 Å². The fraction of sp³-hybridized carbons (Fsp3) is 0.500. The molecule has 0 saturated carbocycles. The standard InChI is InChI=1S/C12H15ClFNO/c1-16-7-8-5-9(11-3-2-4-15-11)12(14)10(13)6-8/h5-6,11,15H,2-4,7H2,1H3. The molecule has 1 aromatic rings. The number of nitrogens with one attached hydrogen (secondary N) is 1. The fourth-order valence-electron chi connectivity index (χ4n) is 2.12. The summed E-state index contributed by atoms with van der Waals surface area (Å²) in [6.45, 7) is 1.40. The van der Waals surface area contributed by atoms with Gasteiger partial charge in [-0.3, -0.25) is 0 Å². The zero-order valence-electron chi connectivity index (χ0n) is 9.22. The molecule has 2 nitrogen and oxygen atoms in total. The Kier molecular flexibility index (Phi) is 3.79. The van der Waals surface area contributed by atoms with Crippen molar-refractivity contribution in [2.24, 2.45) is 0 Å². The van der Waals surface area contributed by atoms with Gasteiger partial charge in [0.1, 0.15) is 5.82 Å². The molecule has 4 heteroatoms. The van der Waals surface area contributed by atoms with Crippen LogP contribution in [0.15, 0.2) is 12.1 Å². The summed E-state index contributed by atoms with van der Waals surface area (Å²) < 4.78 is 18.9. The quantitative estimate of drug-likeness (QED) is 0.881. The lowest BCUT2D eigenvalue weighted by Crippen LogP contribution is -2.15. The summed E-state index contributed by atoms with van der Waals surface area (Å²) in [6, 6.07) is 3.56. The smallest absolute Gasteiger partial charge is 0.146 e. The van der Waals surface area contributed by atoms with Gasteiger partial charge in [-0.05, 0) is 37.1 Å². The lowest BCUT2D eigenvalue weighted by molar-refractivity contribution is 0.184. The molecule has 1 aliphatic rings. The summed E-state index contributed by atoms with van der Waals surface area (Å²) in [4.78, 5) is 0. The summed E-state index contributed by atoms with van der Waals surface area (Å²) in [6.07, 6.45) is 2.04. The number of methoxy groups -OCH3 is 1. The minimum Gasteiger partial charge on any atom is -0.380 e. The predicted octanol–water partition coefficient (Wildman–Crippen LogP) is 3.05. The van der Waals surface area contributed by atoms with Crippen LogP contribution in [0.2, 0.25) is 5.02 Å². The summed E-state index contributed by atoms with van der Waals surface area (Å²) in [7, 11) is 1.62. The first-order valence-corrected chi connectivity index (χ1v) is 5.80. The van der Waals surface area contributed by atoms with Gasteiger partial charge in [-0.2, -0.15) is 0 Å². The second kappa shape index (κ2) is 5.13. The van der Waals surface area contributed by atoms with Crippen molar-refractivity contribution in [3.05, 3.63) is 34.1 Å². The Morgan fingerprint density at radius 1 is 1.56 bits per heavy atom. The molecule has 1 aromatic carbocycles. The molecule has 1 N–H and O–H groups in total. The Morgan fingerprint density at radius 3 is 3.00 bits per heavy atom. The number of rotatable bonds is 3. The van der Waals surface area contributed by atoms with Crippen LogP contribution in [-0.4, -0.2) is 13.7 Å². The second-order valence-electron chi connectivity index (χ2n) is 4.06. The summed E-state index contributed by atoms with van der Waals surface area (Å²) in [5, 5.41) is 3.45. The van der Waals surface area contributed by atoms with Crippen molar-refractivity contribution in [3.63, 3.8) is 0 Å². The number of hydrogen-bond acceptors (Lipinski definition) is 2. The first kappa shape index (κ1) is 11.8. The van der Waals surface area contributed by atoms with E-state index in [0.29, 0.717) is 12.2 Å². The lowest BCUT2D eigenvalue weighted by Gasteiger charge is -2.14. The summed E-state index contributed by atoms with van der Waals surface area (Å²) in [5.74, 6) is -0.305. The number of ether oxygens (including phenoxy) is 1. The van der Waals surface area contributed by atoms with Crippen LogP contribution in [0.25, 0.3) is 0 Å². The van der Waals surface area contributed by atoms with Crippen molar-refractivity contribution < 1.29 is 9.13 Å². The van der Waals surface area contributed by atoms with Crippen molar-refractivity contribution in [1.29, 1.82) is 0 Å². The third kappa shape index (κ3) is 2.37. The average molecular weight is 244 g/mol. The molecular weight excluding hydrogens is 229 g/mol. The predicted molar refractivity (Wildman–Crippen MR) is 62.1 cm³/mol. The van der Waals surface area contributed by atoms with Crippen LogP contribution in [0, 0.1) is 5.82 Å². The topological polar surface area (TPSA) is 21.3 Å². The van der Waals surface area contributed by atoms with E-state index in [4.69, 9.17) is 16.3 Å². The Balaban J connectivity index is 2.33. The van der Waals surface area contributed by atoms with Crippen LogP contribution in [0.5, 0.6) is 0 Å². The molecule has 1 fully saturated rings. The van der Waals surface area contributed by atoms with E-state index in [-0.39, 0.29) is 16.9 Å². The largest absolute Gasteiger partial charge is 0.380 e. The van der Waals surface area contributed by atoms with Crippen molar-refractivity contribution in [1.82, 2.24) is 5.32 Å². The first-order chi connectivity index (χ1) is 7.72. The molecule has 1 atom stereocenters.